The molecule has 1 aliphatic carbocycles. The number of benzene rings is 2. The van der Waals surface area contributed by atoms with Crippen molar-refractivity contribution in [2.75, 3.05) is 13.7 Å². The van der Waals surface area contributed by atoms with Crippen LogP contribution in [0.3, 0.4) is 0 Å². The first-order chi connectivity index (χ1) is 9.72. The van der Waals surface area contributed by atoms with E-state index in [1.165, 1.54) is 10.8 Å². The van der Waals surface area contributed by atoms with Gasteiger partial charge in [0.25, 0.3) is 0 Å². The molecule has 1 aliphatic rings. The maximum atomic E-state index is 10.1. The predicted octanol–water partition coefficient (Wildman–Crippen LogP) is 2.85. The van der Waals surface area contributed by atoms with Crippen molar-refractivity contribution in [3.63, 3.8) is 0 Å². The van der Waals surface area contributed by atoms with Gasteiger partial charge in [0.2, 0.25) is 0 Å². The van der Waals surface area contributed by atoms with Crippen LogP contribution in [0.2, 0.25) is 0 Å². The Hall–Kier alpha value is -1.58. The number of methoxy groups -OCH3 is 1. The Balaban J connectivity index is 1.81. The lowest BCUT2D eigenvalue weighted by atomic mass is 9.80. The molecule has 3 heteroatoms. The molecule has 0 spiro atoms. The maximum Gasteiger partial charge on any atom is 0.123 e. The van der Waals surface area contributed by atoms with E-state index < -0.39 is 5.60 Å². The van der Waals surface area contributed by atoms with Crippen LogP contribution in [0.1, 0.15) is 24.8 Å². The molecule has 1 saturated carbocycles. The molecule has 106 valence electrons. The highest BCUT2D eigenvalue weighted by Crippen LogP contribution is 2.31. The van der Waals surface area contributed by atoms with Gasteiger partial charge in [-0.15, -0.1) is 0 Å². The summed E-state index contributed by atoms with van der Waals surface area (Å²) in [4.78, 5) is 0. The molecule has 3 nitrogen and oxygen atoms in total. The third kappa shape index (κ3) is 2.51. The van der Waals surface area contributed by atoms with Crippen LogP contribution < -0.4 is 10.1 Å². The Bertz CT molecular complexity index is 605. The van der Waals surface area contributed by atoms with E-state index in [1.807, 2.05) is 18.2 Å². The highest BCUT2D eigenvalue weighted by Gasteiger charge is 2.33. The molecule has 2 aromatic rings. The van der Waals surface area contributed by atoms with Crippen molar-refractivity contribution in [1.82, 2.24) is 5.32 Å². The van der Waals surface area contributed by atoms with Gasteiger partial charge >= 0.3 is 0 Å². The molecule has 0 atom stereocenters. The molecule has 2 N–H and O–H groups in total. The molecule has 0 aliphatic heterocycles. The topological polar surface area (TPSA) is 41.5 Å². The summed E-state index contributed by atoms with van der Waals surface area (Å²) in [5.41, 5.74) is 0.672. The second-order valence-electron chi connectivity index (χ2n) is 5.65. The summed E-state index contributed by atoms with van der Waals surface area (Å²) in [5.74, 6) is 0.900. The van der Waals surface area contributed by atoms with Gasteiger partial charge in [0.05, 0.1) is 12.7 Å². The van der Waals surface area contributed by atoms with Crippen molar-refractivity contribution in [2.24, 2.45) is 0 Å². The van der Waals surface area contributed by atoms with Crippen LogP contribution in [-0.2, 0) is 6.54 Å². The number of hydrogen-bond donors (Lipinski definition) is 2. The number of fused-ring (bicyclic) bond motifs is 1. The van der Waals surface area contributed by atoms with Gasteiger partial charge in [-0.3, -0.25) is 0 Å². The SMILES string of the molecule is COc1ccc2ccccc2c1CNCC1(O)CCC1. The van der Waals surface area contributed by atoms with Gasteiger partial charge in [0.15, 0.2) is 0 Å². The van der Waals surface area contributed by atoms with Gasteiger partial charge in [0.1, 0.15) is 5.75 Å². The van der Waals surface area contributed by atoms with Crippen molar-refractivity contribution >= 4 is 10.8 Å². The first-order valence-corrected chi connectivity index (χ1v) is 7.20. The molecule has 0 aromatic heterocycles. The molecule has 0 unspecified atom stereocenters. The van der Waals surface area contributed by atoms with E-state index in [2.05, 4.69) is 23.5 Å². The Morgan fingerprint density at radius 2 is 2.00 bits per heavy atom. The number of hydrogen-bond acceptors (Lipinski definition) is 3. The van der Waals surface area contributed by atoms with Crippen LogP contribution in [-0.4, -0.2) is 24.4 Å². The van der Waals surface area contributed by atoms with Crippen LogP contribution in [0, 0.1) is 0 Å². The lowest BCUT2D eigenvalue weighted by Crippen LogP contribution is -2.46. The van der Waals surface area contributed by atoms with Gasteiger partial charge < -0.3 is 15.2 Å². The molecule has 2 aromatic carbocycles. The molecule has 20 heavy (non-hydrogen) atoms. The fraction of sp³-hybridized carbons (Fsp3) is 0.412. The maximum absolute atomic E-state index is 10.1. The summed E-state index contributed by atoms with van der Waals surface area (Å²) < 4.78 is 5.47. The summed E-state index contributed by atoms with van der Waals surface area (Å²) in [5, 5.41) is 15.9. The van der Waals surface area contributed by atoms with E-state index in [1.54, 1.807) is 7.11 Å². The quantitative estimate of drug-likeness (QED) is 0.878. The van der Waals surface area contributed by atoms with E-state index in [0.717, 1.165) is 30.6 Å². The highest BCUT2D eigenvalue weighted by molar-refractivity contribution is 5.87. The second kappa shape index (κ2) is 5.43. The normalized spacial score (nSPS) is 16.9. The van der Waals surface area contributed by atoms with E-state index in [4.69, 9.17) is 4.74 Å². The van der Waals surface area contributed by atoms with Gasteiger partial charge in [-0.05, 0) is 36.1 Å². The minimum Gasteiger partial charge on any atom is -0.496 e. The zero-order valence-corrected chi connectivity index (χ0v) is 11.9. The van der Waals surface area contributed by atoms with Crippen LogP contribution in [0.25, 0.3) is 10.8 Å². The number of nitrogens with one attached hydrogen (secondary N) is 1. The number of ether oxygens (including phenoxy) is 1. The van der Waals surface area contributed by atoms with Crippen molar-refractivity contribution < 1.29 is 9.84 Å². The zero-order chi connectivity index (χ0) is 14.0. The largest absolute Gasteiger partial charge is 0.496 e. The Kier molecular flexibility index (Phi) is 3.64. The zero-order valence-electron chi connectivity index (χ0n) is 11.9. The molecule has 0 bridgehead atoms. The Labute approximate surface area is 119 Å². The van der Waals surface area contributed by atoms with Gasteiger partial charge in [-0.1, -0.05) is 30.3 Å². The molecule has 0 amide bonds. The van der Waals surface area contributed by atoms with Gasteiger partial charge in [-0.2, -0.15) is 0 Å². The monoisotopic (exact) mass is 271 g/mol. The van der Waals surface area contributed by atoms with Crippen molar-refractivity contribution in [3.05, 3.63) is 42.0 Å². The summed E-state index contributed by atoms with van der Waals surface area (Å²) >= 11 is 0. The van der Waals surface area contributed by atoms with E-state index in [9.17, 15) is 5.11 Å². The average Bonchev–Trinajstić information content (AvgIpc) is 2.45. The van der Waals surface area contributed by atoms with Crippen molar-refractivity contribution in [2.45, 2.75) is 31.4 Å². The third-order valence-corrected chi connectivity index (χ3v) is 4.26. The van der Waals surface area contributed by atoms with Crippen LogP contribution in [0.5, 0.6) is 5.75 Å². The molecular weight excluding hydrogens is 250 g/mol. The summed E-state index contributed by atoms with van der Waals surface area (Å²) in [6.45, 7) is 1.37. The first-order valence-electron chi connectivity index (χ1n) is 7.20. The minimum atomic E-state index is -0.488. The van der Waals surface area contributed by atoms with Crippen molar-refractivity contribution in [3.8, 4) is 5.75 Å². The summed E-state index contributed by atoms with van der Waals surface area (Å²) in [6.07, 6.45) is 2.95. The smallest absolute Gasteiger partial charge is 0.123 e. The number of aliphatic hydroxyl groups is 1. The molecular formula is C17H21NO2. The first kappa shape index (κ1) is 13.4. The van der Waals surface area contributed by atoms with E-state index in [0.29, 0.717) is 13.1 Å². The molecule has 0 radical (unpaired) electrons. The Morgan fingerprint density at radius 1 is 1.20 bits per heavy atom. The van der Waals surface area contributed by atoms with Crippen LogP contribution in [0.15, 0.2) is 36.4 Å². The van der Waals surface area contributed by atoms with Crippen LogP contribution >= 0.6 is 0 Å². The highest BCUT2D eigenvalue weighted by atomic mass is 16.5. The third-order valence-electron chi connectivity index (χ3n) is 4.26. The number of rotatable bonds is 5. The predicted molar refractivity (Wildman–Crippen MR) is 81.0 cm³/mol. The van der Waals surface area contributed by atoms with E-state index in [-0.39, 0.29) is 0 Å². The molecule has 0 saturated heterocycles. The van der Waals surface area contributed by atoms with Crippen LogP contribution in [0.4, 0.5) is 0 Å². The minimum absolute atomic E-state index is 0.488. The van der Waals surface area contributed by atoms with Gasteiger partial charge in [-0.25, -0.2) is 0 Å². The van der Waals surface area contributed by atoms with Crippen molar-refractivity contribution in [1.29, 1.82) is 0 Å². The second-order valence-corrected chi connectivity index (χ2v) is 5.65. The lowest BCUT2D eigenvalue weighted by Gasteiger charge is -2.36. The van der Waals surface area contributed by atoms with Gasteiger partial charge in [0, 0.05) is 18.7 Å². The molecule has 0 heterocycles. The molecule has 1 fully saturated rings. The lowest BCUT2D eigenvalue weighted by molar-refractivity contribution is -0.0314. The fourth-order valence-corrected chi connectivity index (χ4v) is 2.87. The average molecular weight is 271 g/mol. The Morgan fingerprint density at radius 3 is 2.70 bits per heavy atom. The van der Waals surface area contributed by atoms with E-state index >= 15 is 0 Å². The fourth-order valence-electron chi connectivity index (χ4n) is 2.87. The molecule has 3 rings (SSSR count). The summed E-state index contributed by atoms with van der Waals surface area (Å²) in [6, 6.07) is 12.4. The summed E-state index contributed by atoms with van der Waals surface area (Å²) in [7, 11) is 1.70. The standard InChI is InChI=1S/C17H21NO2/c1-20-16-8-7-13-5-2-3-6-14(13)15(16)11-18-12-17(19)9-4-10-17/h2-3,5-8,18-19H,4,9-12H2,1H3.